The fourth-order valence-electron chi connectivity index (χ4n) is 3.24. The van der Waals surface area contributed by atoms with Crippen molar-refractivity contribution in [2.24, 2.45) is 0 Å². The molecule has 0 spiro atoms. The van der Waals surface area contributed by atoms with E-state index >= 15 is 0 Å². The van der Waals surface area contributed by atoms with Crippen LogP contribution in [-0.2, 0) is 16.1 Å². The summed E-state index contributed by atoms with van der Waals surface area (Å²) in [5.74, 6) is -0.132. The number of carbonyl (C=O) groups is 3. The molecule has 2 N–H and O–H groups in total. The van der Waals surface area contributed by atoms with Crippen LogP contribution in [0.4, 0.5) is 0 Å². The first-order chi connectivity index (χ1) is 12.0. The molecule has 2 unspecified atom stereocenters. The maximum absolute atomic E-state index is 12.6. The lowest BCUT2D eigenvalue weighted by Crippen LogP contribution is -2.52. The van der Waals surface area contributed by atoms with E-state index < -0.39 is 11.9 Å². The van der Waals surface area contributed by atoms with Crippen LogP contribution in [0.3, 0.4) is 0 Å². The number of piperidine rings is 1. The van der Waals surface area contributed by atoms with Gasteiger partial charge in [-0.1, -0.05) is 6.92 Å². The van der Waals surface area contributed by atoms with Gasteiger partial charge < -0.3 is 15.0 Å². The molecule has 0 radical (unpaired) electrons. The van der Waals surface area contributed by atoms with E-state index in [1.54, 1.807) is 17.0 Å². The number of carbonyl (C=O) groups excluding carboxylic acids is 3. The van der Waals surface area contributed by atoms with Gasteiger partial charge in [-0.3, -0.25) is 19.7 Å². The molecule has 7 heteroatoms. The summed E-state index contributed by atoms with van der Waals surface area (Å²) in [5, 5.41) is 5.49. The first kappa shape index (κ1) is 17.4. The second-order valence-electron chi connectivity index (χ2n) is 6.42. The zero-order valence-electron chi connectivity index (χ0n) is 14.5. The van der Waals surface area contributed by atoms with Gasteiger partial charge in [0.05, 0.1) is 0 Å². The van der Waals surface area contributed by atoms with Gasteiger partial charge in [0.1, 0.15) is 18.4 Å². The van der Waals surface area contributed by atoms with Crippen molar-refractivity contribution in [1.82, 2.24) is 15.5 Å². The largest absolute Gasteiger partial charge is 0.492 e. The van der Waals surface area contributed by atoms with Crippen LogP contribution in [0.25, 0.3) is 0 Å². The van der Waals surface area contributed by atoms with Crippen molar-refractivity contribution in [3.05, 3.63) is 29.3 Å². The van der Waals surface area contributed by atoms with Gasteiger partial charge in [0.15, 0.2) is 0 Å². The Morgan fingerprint density at radius 2 is 2.16 bits per heavy atom. The van der Waals surface area contributed by atoms with Crippen molar-refractivity contribution < 1.29 is 19.1 Å². The van der Waals surface area contributed by atoms with Crippen LogP contribution < -0.4 is 15.4 Å². The highest BCUT2D eigenvalue weighted by molar-refractivity contribution is 6.05. The smallest absolute Gasteiger partial charge is 0.255 e. The van der Waals surface area contributed by atoms with Gasteiger partial charge >= 0.3 is 0 Å². The third-order valence-corrected chi connectivity index (χ3v) is 4.85. The van der Waals surface area contributed by atoms with Crippen LogP contribution in [0.15, 0.2) is 18.2 Å². The average Bonchev–Trinajstić information content (AvgIpc) is 2.92. The topological polar surface area (TPSA) is 87.7 Å². The Labute approximate surface area is 146 Å². The number of benzene rings is 1. The monoisotopic (exact) mass is 345 g/mol. The molecule has 2 aliphatic rings. The fourth-order valence-corrected chi connectivity index (χ4v) is 3.24. The Bertz CT molecular complexity index is 700. The van der Waals surface area contributed by atoms with E-state index in [4.69, 9.17) is 4.74 Å². The third kappa shape index (κ3) is 3.51. The highest BCUT2D eigenvalue weighted by Gasteiger charge is 2.39. The normalized spacial score (nSPS) is 21.1. The van der Waals surface area contributed by atoms with E-state index in [1.165, 1.54) is 0 Å². The molecule has 0 aromatic heterocycles. The molecule has 25 heavy (non-hydrogen) atoms. The third-order valence-electron chi connectivity index (χ3n) is 4.85. The minimum Gasteiger partial charge on any atom is -0.492 e. The van der Waals surface area contributed by atoms with Crippen molar-refractivity contribution in [2.45, 2.75) is 44.8 Å². The summed E-state index contributed by atoms with van der Waals surface area (Å²) in [4.78, 5) is 37.5. The van der Waals surface area contributed by atoms with Crippen LogP contribution in [0, 0.1) is 0 Å². The van der Waals surface area contributed by atoms with Gasteiger partial charge in [0.2, 0.25) is 11.8 Å². The summed E-state index contributed by atoms with van der Waals surface area (Å²) >= 11 is 0. The molecular formula is C18H23N3O4. The Kier molecular flexibility index (Phi) is 5.03. The summed E-state index contributed by atoms with van der Waals surface area (Å²) < 4.78 is 5.81. The first-order valence-electron chi connectivity index (χ1n) is 8.61. The van der Waals surface area contributed by atoms with Crippen molar-refractivity contribution in [2.75, 3.05) is 13.7 Å². The predicted molar refractivity (Wildman–Crippen MR) is 91.1 cm³/mol. The van der Waals surface area contributed by atoms with E-state index in [-0.39, 0.29) is 24.3 Å². The van der Waals surface area contributed by atoms with Crippen molar-refractivity contribution in [3.63, 3.8) is 0 Å². The Morgan fingerprint density at radius 1 is 1.36 bits per heavy atom. The Hall–Kier alpha value is -2.41. The van der Waals surface area contributed by atoms with Gasteiger partial charge in [-0.25, -0.2) is 0 Å². The summed E-state index contributed by atoms with van der Waals surface area (Å²) in [5.41, 5.74) is 1.45. The number of fused-ring (bicyclic) bond motifs is 1. The number of ether oxygens (including phenoxy) is 1. The number of rotatable bonds is 6. The van der Waals surface area contributed by atoms with Crippen LogP contribution in [0.2, 0.25) is 0 Å². The molecular weight excluding hydrogens is 322 g/mol. The molecule has 0 bridgehead atoms. The molecule has 1 aromatic rings. The van der Waals surface area contributed by atoms with Gasteiger partial charge in [0.25, 0.3) is 5.91 Å². The SMILES string of the molecule is CCC(COc1ccc2c(c1)CN(C1CCC(=O)NC1=O)C2=O)NC. The van der Waals surface area contributed by atoms with Crippen LogP contribution in [0.1, 0.15) is 42.1 Å². The minimum absolute atomic E-state index is 0.169. The Morgan fingerprint density at radius 3 is 2.84 bits per heavy atom. The van der Waals surface area contributed by atoms with Crippen LogP contribution in [0.5, 0.6) is 5.75 Å². The van der Waals surface area contributed by atoms with E-state index in [2.05, 4.69) is 17.6 Å². The van der Waals surface area contributed by atoms with E-state index in [1.807, 2.05) is 13.1 Å². The van der Waals surface area contributed by atoms with Crippen molar-refractivity contribution in [3.8, 4) is 5.75 Å². The second kappa shape index (κ2) is 7.23. The molecule has 3 amide bonds. The molecule has 1 fully saturated rings. The number of imide groups is 1. The van der Waals surface area contributed by atoms with Gasteiger partial charge in [-0.2, -0.15) is 0 Å². The van der Waals surface area contributed by atoms with Crippen molar-refractivity contribution in [1.29, 1.82) is 0 Å². The molecule has 2 aliphatic heterocycles. The average molecular weight is 345 g/mol. The molecule has 1 saturated heterocycles. The maximum atomic E-state index is 12.6. The quantitative estimate of drug-likeness (QED) is 0.746. The lowest BCUT2D eigenvalue weighted by molar-refractivity contribution is -0.136. The van der Waals surface area contributed by atoms with Gasteiger partial charge in [0, 0.05) is 24.6 Å². The Balaban J connectivity index is 1.71. The van der Waals surface area contributed by atoms with Crippen LogP contribution in [-0.4, -0.2) is 48.4 Å². The molecule has 2 atom stereocenters. The van der Waals surface area contributed by atoms with Gasteiger partial charge in [-0.05, 0) is 43.7 Å². The summed E-state index contributed by atoms with van der Waals surface area (Å²) in [6.07, 6.45) is 1.59. The lowest BCUT2D eigenvalue weighted by Gasteiger charge is -2.29. The second-order valence-corrected chi connectivity index (χ2v) is 6.42. The molecule has 2 heterocycles. The van der Waals surface area contributed by atoms with Crippen LogP contribution >= 0.6 is 0 Å². The molecule has 3 rings (SSSR count). The number of amides is 3. The number of nitrogens with one attached hydrogen (secondary N) is 2. The number of likely N-dealkylation sites (N-methyl/N-ethyl adjacent to an activating group) is 1. The maximum Gasteiger partial charge on any atom is 0.255 e. The van der Waals surface area contributed by atoms with E-state index in [0.29, 0.717) is 30.9 Å². The molecule has 0 aliphatic carbocycles. The lowest BCUT2D eigenvalue weighted by atomic mass is 10.0. The first-order valence-corrected chi connectivity index (χ1v) is 8.61. The molecule has 134 valence electrons. The highest BCUT2D eigenvalue weighted by atomic mass is 16.5. The van der Waals surface area contributed by atoms with E-state index in [9.17, 15) is 14.4 Å². The fraction of sp³-hybridized carbons (Fsp3) is 0.500. The summed E-state index contributed by atoms with van der Waals surface area (Å²) in [6.45, 7) is 3.00. The number of hydrogen-bond donors (Lipinski definition) is 2. The standard InChI is InChI=1S/C18H23N3O4/c1-3-12(19-2)10-25-13-4-5-14-11(8-13)9-21(18(14)24)15-6-7-16(22)20-17(15)23/h4-5,8,12,15,19H,3,6-7,9-10H2,1-2H3,(H,20,22,23). The molecule has 1 aromatic carbocycles. The molecule has 7 nitrogen and oxygen atoms in total. The minimum atomic E-state index is -0.587. The van der Waals surface area contributed by atoms with E-state index in [0.717, 1.165) is 12.0 Å². The number of nitrogens with zero attached hydrogens (tertiary/aromatic N) is 1. The summed E-state index contributed by atoms with van der Waals surface area (Å²) in [7, 11) is 1.90. The van der Waals surface area contributed by atoms with Gasteiger partial charge in [-0.15, -0.1) is 0 Å². The zero-order valence-corrected chi connectivity index (χ0v) is 14.5. The summed E-state index contributed by atoms with van der Waals surface area (Å²) in [6, 6.07) is 5.08. The number of hydrogen-bond acceptors (Lipinski definition) is 5. The highest BCUT2D eigenvalue weighted by Crippen LogP contribution is 2.30. The predicted octanol–water partition coefficient (Wildman–Crippen LogP) is 0.824. The van der Waals surface area contributed by atoms with Crippen molar-refractivity contribution >= 4 is 17.7 Å². The molecule has 0 saturated carbocycles. The zero-order chi connectivity index (χ0) is 18.0.